The number of carbonyl (C=O) groups excluding carboxylic acids is 1. The van der Waals surface area contributed by atoms with Gasteiger partial charge in [0.25, 0.3) is 11.7 Å². The molecule has 4 rings (SSSR count). The van der Waals surface area contributed by atoms with Crippen LogP contribution < -0.4 is 5.32 Å². The molecule has 1 saturated carbocycles. The third-order valence-electron chi connectivity index (χ3n) is 4.57. The number of aromatic amines is 1. The van der Waals surface area contributed by atoms with E-state index in [1.165, 1.54) is 19.3 Å². The molecule has 1 aromatic carbocycles. The summed E-state index contributed by atoms with van der Waals surface area (Å²) in [4.78, 5) is 16.9. The number of rotatable bonds is 5. The van der Waals surface area contributed by atoms with Crippen LogP contribution in [0.3, 0.4) is 0 Å². The van der Waals surface area contributed by atoms with E-state index < -0.39 is 5.91 Å². The number of nitrogens with one attached hydrogen (secondary N) is 2. The SMILES string of the molecule is COCc1ccc(C#Cc2nc(C3CCC3)cs2)cc1NC(=O)c1nn[nH]n1. The van der Waals surface area contributed by atoms with Gasteiger partial charge < -0.3 is 10.1 Å². The summed E-state index contributed by atoms with van der Waals surface area (Å²) in [6, 6.07) is 5.58. The fourth-order valence-corrected chi connectivity index (χ4v) is 3.59. The van der Waals surface area contributed by atoms with E-state index in [2.05, 4.69) is 48.1 Å². The van der Waals surface area contributed by atoms with Crippen molar-refractivity contribution in [3.05, 3.63) is 51.2 Å². The fraction of sp³-hybridized carbons (Fsp3) is 0.316. The standard InChI is InChI=1S/C19H18N6O2S/c1-27-10-14-7-5-12(9-15(14)21-19(26)18-22-24-25-23-18)6-8-17-20-16(11-28-17)13-3-2-4-13/h5,7,9,11,13H,2-4,10H2,1H3,(H,21,26)(H,22,23,24,25). The Labute approximate surface area is 165 Å². The third kappa shape index (κ3) is 4.08. The summed E-state index contributed by atoms with van der Waals surface area (Å²) in [5.41, 5.74) is 3.34. The number of methoxy groups -OCH3 is 1. The van der Waals surface area contributed by atoms with Crippen molar-refractivity contribution >= 4 is 22.9 Å². The van der Waals surface area contributed by atoms with Crippen molar-refractivity contribution in [2.75, 3.05) is 12.4 Å². The maximum absolute atomic E-state index is 12.2. The number of carbonyl (C=O) groups is 1. The number of thiazole rings is 1. The van der Waals surface area contributed by atoms with Crippen LogP contribution in [0.2, 0.25) is 0 Å². The maximum Gasteiger partial charge on any atom is 0.297 e. The lowest BCUT2D eigenvalue weighted by Crippen LogP contribution is -2.15. The van der Waals surface area contributed by atoms with Gasteiger partial charge in [-0.2, -0.15) is 5.21 Å². The highest BCUT2D eigenvalue weighted by Gasteiger charge is 2.21. The number of nitrogens with zero attached hydrogens (tertiary/aromatic N) is 4. The Hall–Kier alpha value is -3.09. The molecule has 0 atom stereocenters. The van der Waals surface area contributed by atoms with Gasteiger partial charge in [0, 0.05) is 35.2 Å². The van der Waals surface area contributed by atoms with Gasteiger partial charge in [0.2, 0.25) is 0 Å². The van der Waals surface area contributed by atoms with Crippen molar-refractivity contribution in [3.8, 4) is 11.8 Å². The van der Waals surface area contributed by atoms with Crippen molar-refractivity contribution < 1.29 is 9.53 Å². The number of hydrogen-bond acceptors (Lipinski definition) is 7. The Kier molecular flexibility index (Phi) is 5.41. The summed E-state index contributed by atoms with van der Waals surface area (Å²) in [6.07, 6.45) is 3.73. The van der Waals surface area contributed by atoms with Crippen molar-refractivity contribution in [1.82, 2.24) is 25.6 Å². The molecule has 1 amide bonds. The number of benzene rings is 1. The maximum atomic E-state index is 12.2. The Morgan fingerprint density at radius 1 is 1.39 bits per heavy atom. The summed E-state index contributed by atoms with van der Waals surface area (Å²) < 4.78 is 5.21. The van der Waals surface area contributed by atoms with Crippen LogP contribution in [0.1, 0.15) is 57.6 Å². The molecule has 0 bridgehead atoms. The van der Waals surface area contributed by atoms with Crippen molar-refractivity contribution in [2.45, 2.75) is 31.8 Å². The van der Waals surface area contributed by atoms with Crippen LogP contribution in [0.15, 0.2) is 23.6 Å². The van der Waals surface area contributed by atoms with Gasteiger partial charge in [-0.25, -0.2) is 4.98 Å². The minimum atomic E-state index is -0.457. The molecule has 1 aliphatic carbocycles. The van der Waals surface area contributed by atoms with E-state index >= 15 is 0 Å². The summed E-state index contributed by atoms with van der Waals surface area (Å²) >= 11 is 1.57. The zero-order valence-electron chi connectivity index (χ0n) is 15.2. The minimum absolute atomic E-state index is 0.0360. The predicted octanol–water partition coefficient (Wildman–Crippen LogP) is 2.72. The number of tetrazole rings is 1. The molecule has 8 nitrogen and oxygen atoms in total. The van der Waals surface area contributed by atoms with E-state index in [1.807, 2.05) is 12.1 Å². The number of amides is 1. The molecule has 2 aromatic heterocycles. The number of aromatic nitrogens is 5. The average molecular weight is 394 g/mol. The summed E-state index contributed by atoms with van der Waals surface area (Å²) in [7, 11) is 1.60. The van der Waals surface area contributed by atoms with Gasteiger partial charge in [-0.3, -0.25) is 4.79 Å². The molecule has 2 N–H and O–H groups in total. The molecule has 28 heavy (non-hydrogen) atoms. The molecule has 2 heterocycles. The van der Waals surface area contributed by atoms with Crippen molar-refractivity contribution in [2.24, 2.45) is 0 Å². The van der Waals surface area contributed by atoms with Gasteiger partial charge in [-0.15, -0.1) is 21.5 Å². The predicted molar refractivity (Wildman–Crippen MR) is 104 cm³/mol. The molecule has 1 fully saturated rings. The smallest absolute Gasteiger partial charge is 0.297 e. The first-order chi connectivity index (χ1) is 13.7. The monoisotopic (exact) mass is 394 g/mol. The second-order valence-electron chi connectivity index (χ2n) is 6.45. The Morgan fingerprint density at radius 2 is 2.29 bits per heavy atom. The van der Waals surface area contributed by atoms with E-state index in [0.717, 1.165) is 21.8 Å². The molecule has 1 aliphatic rings. The van der Waals surface area contributed by atoms with Crippen LogP contribution >= 0.6 is 11.3 Å². The molecule has 0 spiro atoms. The number of H-pyrrole nitrogens is 1. The Morgan fingerprint density at radius 3 is 3.00 bits per heavy atom. The first kappa shape index (κ1) is 18.3. The summed E-state index contributed by atoms with van der Waals surface area (Å²) in [5.74, 6) is 6.35. The fourth-order valence-electron chi connectivity index (χ4n) is 2.85. The molecule has 0 aliphatic heterocycles. The minimum Gasteiger partial charge on any atom is -0.380 e. The third-order valence-corrected chi connectivity index (χ3v) is 5.34. The van der Waals surface area contributed by atoms with E-state index in [4.69, 9.17) is 4.74 Å². The van der Waals surface area contributed by atoms with E-state index in [0.29, 0.717) is 18.2 Å². The number of hydrogen-bond donors (Lipinski definition) is 2. The molecule has 9 heteroatoms. The molecule has 0 radical (unpaired) electrons. The first-order valence-electron chi connectivity index (χ1n) is 8.87. The van der Waals surface area contributed by atoms with Gasteiger partial charge in [-0.05, 0) is 36.1 Å². The van der Waals surface area contributed by atoms with Crippen LogP contribution in [0.4, 0.5) is 5.69 Å². The van der Waals surface area contributed by atoms with Crippen LogP contribution in [0, 0.1) is 11.8 Å². The summed E-state index contributed by atoms with van der Waals surface area (Å²) in [5, 5.41) is 18.7. The molecule has 142 valence electrons. The zero-order valence-corrected chi connectivity index (χ0v) is 16.0. The first-order valence-corrected chi connectivity index (χ1v) is 9.75. The van der Waals surface area contributed by atoms with E-state index in [9.17, 15) is 4.79 Å². The largest absolute Gasteiger partial charge is 0.380 e. The van der Waals surface area contributed by atoms with Gasteiger partial charge in [-0.1, -0.05) is 18.4 Å². The van der Waals surface area contributed by atoms with Crippen molar-refractivity contribution in [3.63, 3.8) is 0 Å². The van der Waals surface area contributed by atoms with Gasteiger partial charge in [0.05, 0.1) is 12.3 Å². The highest BCUT2D eigenvalue weighted by atomic mass is 32.1. The molecular formula is C19H18N6O2S. The normalized spacial score (nSPS) is 13.5. The summed E-state index contributed by atoms with van der Waals surface area (Å²) in [6.45, 7) is 0.354. The van der Waals surface area contributed by atoms with Crippen LogP contribution in [-0.4, -0.2) is 38.6 Å². The zero-order chi connectivity index (χ0) is 19.3. The topological polar surface area (TPSA) is 106 Å². The lowest BCUT2D eigenvalue weighted by Gasteiger charge is -2.22. The molecule has 0 saturated heterocycles. The Balaban J connectivity index is 1.54. The second kappa shape index (κ2) is 8.29. The average Bonchev–Trinajstić information content (AvgIpc) is 3.33. The highest BCUT2D eigenvalue weighted by molar-refractivity contribution is 7.10. The lowest BCUT2D eigenvalue weighted by molar-refractivity contribution is 0.101. The van der Waals surface area contributed by atoms with Gasteiger partial charge in [0.1, 0.15) is 0 Å². The molecule has 3 aromatic rings. The van der Waals surface area contributed by atoms with Gasteiger partial charge >= 0.3 is 0 Å². The second-order valence-corrected chi connectivity index (χ2v) is 7.31. The quantitative estimate of drug-likeness (QED) is 0.645. The highest BCUT2D eigenvalue weighted by Crippen LogP contribution is 2.36. The number of ether oxygens (including phenoxy) is 1. The van der Waals surface area contributed by atoms with Crippen molar-refractivity contribution in [1.29, 1.82) is 0 Å². The lowest BCUT2D eigenvalue weighted by atomic mass is 9.83. The van der Waals surface area contributed by atoms with Crippen LogP contribution in [-0.2, 0) is 11.3 Å². The van der Waals surface area contributed by atoms with Gasteiger partial charge in [0.15, 0.2) is 5.01 Å². The van der Waals surface area contributed by atoms with E-state index in [-0.39, 0.29) is 5.82 Å². The molecular weight excluding hydrogens is 376 g/mol. The Bertz CT molecular complexity index is 1030. The molecule has 0 unspecified atom stereocenters. The van der Waals surface area contributed by atoms with Crippen LogP contribution in [0.5, 0.6) is 0 Å². The van der Waals surface area contributed by atoms with E-state index in [1.54, 1.807) is 24.5 Å². The van der Waals surface area contributed by atoms with Crippen LogP contribution in [0.25, 0.3) is 0 Å². The number of anilines is 1.